The number of imide groups is 2. The van der Waals surface area contributed by atoms with Crippen molar-refractivity contribution in [2.75, 3.05) is 20.3 Å². The number of urea groups is 1. The van der Waals surface area contributed by atoms with E-state index in [1.807, 2.05) is 19.1 Å². The average molecular weight is 613 g/mol. The maximum Gasteiger partial charge on any atom is 0.331 e. The Kier molecular flexibility index (Phi) is 10.3. The molecule has 11 heteroatoms. The first kappa shape index (κ1) is 30.7. The molecule has 0 saturated carbocycles. The van der Waals surface area contributed by atoms with Gasteiger partial charge in [-0.15, -0.1) is 0 Å². The minimum Gasteiger partial charge on any atom is -0.493 e. The van der Waals surface area contributed by atoms with Crippen LogP contribution in [0, 0.1) is 0 Å². The lowest BCUT2D eigenvalue weighted by molar-refractivity contribution is -0.130. The molecular weight excluding hydrogens is 583 g/mol. The standard InChI is InChI=1S/C31H30Cl2N2O7/c1-4-11-41-25-10-9-19(15-26(25)39-3)17-35-30(37)23(29(36)34-31(35)38)13-21-14-24(33)28(27(16-21)40-5-2)42-18-20-7-6-8-22(32)12-20/h6-10,12-16H,4-5,11,17-18H2,1-3H3,(H,34,36,38)/b23-13+. The number of amides is 4. The highest BCUT2D eigenvalue weighted by Crippen LogP contribution is 2.38. The van der Waals surface area contributed by atoms with Crippen LogP contribution in [0.5, 0.6) is 23.0 Å². The van der Waals surface area contributed by atoms with Gasteiger partial charge in [-0.1, -0.05) is 48.3 Å². The number of hydrogen-bond donors (Lipinski definition) is 1. The molecule has 220 valence electrons. The van der Waals surface area contributed by atoms with E-state index in [0.29, 0.717) is 52.4 Å². The second-order valence-corrected chi connectivity index (χ2v) is 10.1. The van der Waals surface area contributed by atoms with E-state index in [1.54, 1.807) is 49.4 Å². The lowest BCUT2D eigenvalue weighted by Gasteiger charge is -2.26. The van der Waals surface area contributed by atoms with Crippen molar-refractivity contribution in [2.24, 2.45) is 0 Å². The number of carbonyl (C=O) groups excluding carboxylic acids is 3. The van der Waals surface area contributed by atoms with Crippen molar-refractivity contribution in [3.8, 4) is 23.0 Å². The Morgan fingerprint density at radius 3 is 2.40 bits per heavy atom. The third-order valence-electron chi connectivity index (χ3n) is 6.13. The van der Waals surface area contributed by atoms with Crippen molar-refractivity contribution in [3.05, 3.63) is 86.9 Å². The normalized spacial score (nSPS) is 14.2. The Balaban J connectivity index is 1.59. The molecule has 1 N–H and O–H groups in total. The Hall–Kier alpha value is -4.21. The van der Waals surface area contributed by atoms with Crippen LogP contribution in [0.2, 0.25) is 10.0 Å². The minimum absolute atomic E-state index is 0.0963. The molecule has 1 fully saturated rings. The van der Waals surface area contributed by atoms with Gasteiger partial charge < -0.3 is 18.9 Å². The first-order chi connectivity index (χ1) is 20.2. The van der Waals surface area contributed by atoms with E-state index in [9.17, 15) is 14.4 Å². The molecule has 0 aromatic heterocycles. The van der Waals surface area contributed by atoms with Crippen LogP contribution in [0.4, 0.5) is 4.79 Å². The fourth-order valence-corrected chi connectivity index (χ4v) is 4.67. The van der Waals surface area contributed by atoms with Crippen molar-refractivity contribution in [1.82, 2.24) is 10.2 Å². The van der Waals surface area contributed by atoms with Crippen molar-refractivity contribution >= 4 is 47.1 Å². The van der Waals surface area contributed by atoms with Gasteiger partial charge >= 0.3 is 6.03 Å². The number of nitrogens with zero attached hydrogens (tertiary/aromatic N) is 1. The van der Waals surface area contributed by atoms with E-state index in [2.05, 4.69) is 5.32 Å². The summed E-state index contributed by atoms with van der Waals surface area (Å²) in [6.45, 7) is 4.72. The van der Waals surface area contributed by atoms with Crippen LogP contribution < -0.4 is 24.3 Å². The summed E-state index contributed by atoms with van der Waals surface area (Å²) >= 11 is 12.6. The zero-order chi connectivity index (χ0) is 30.2. The van der Waals surface area contributed by atoms with Gasteiger partial charge in [-0.3, -0.25) is 19.8 Å². The van der Waals surface area contributed by atoms with Crippen LogP contribution in [0.1, 0.15) is 37.0 Å². The van der Waals surface area contributed by atoms with Gasteiger partial charge in [0.1, 0.15) is 12.2 Å². The minimum atomic E-state index is -0.828. The molecule has 1 heterocycles. The first-order valence-electron chi connectivity index (χ1n) is 13.3. The van der Waals surface area contributed by atoms with Gasteiger partial charge in [-0.25, -0.2) is 4.79 Å². The number of ether oxygens (including phenoxy) is 4. The average Bonchev–Trinajstić information content (AvgIpc) is 2.96. The highest BCUT2D eigenvalue weighted by molar-refractivity contribution is 6.33. The maximum atomic E-state index is 13.4. The van der Waals surface area contributed by atoms with Crippen LogP contribution in [-0.2, 0) is 22.7 Å². The molecule has 0 aliphatic carbocycles. The SMILES string of the molecule is CCCOc1ccc(CN2C(=O)NC(=O)/C(=C\c3cc(Cl)c(OCc4cccc(Cl)c4)c(OCC)c3)C2=O)cc1OC. The van der Waals surface area contributed by atoms with Gasteiger partial charge in [0.25, 0.3) is 11.8 Å². The van der Waals surface area contributed by atoms with Gasteiger partial charge in [-0.05, 0) is 72.5 Å². The Morgan fingerprint density at radius 1 is 0.881 bits per heavy atom. The topological polar surface area (TPSA) is 103 Å². The quantitative estimate of drug-likeness (QED) is 0.186. The number of barbiturate groups is 1. The molecule has 1 aliphatic rings. The number of rotatable bonds is 12. The number of methoxy groups -OCH3 is 1. The van der Waals surface area contributed by atoms with Crippen LogP contribution >= 0.6 is 23.2 Å². The van der Waals surface area contributed by atoms with Gasteiger partial charge in [-0.2, -0.15) is 0 Å². The fourth-order valence-electron chi connectivity index (χ4n) is 4.18. The van der Waals surface area contributed by atoms with Crippen LogP contribution in [0.25, 0.3) is 6.08 Å². The van der Waals surface area contributed by atoms with E-state index in [-0.39, 0.29) is 23.7 Å². The number of benzene rings is 3. The predicted octanol–water partition coefficient (Wildman–Crippen LogP) is 6.43. The second-order valence-electron chi connectivity index (χ2n) is 9.22. The molecule has 0 radical (unpaired) electrons. The monoisotopic (exact) mass is 612 g/mol. The van der Waals surface area contributed by atoms with Crippen LogP contribution in [0.3, 0.4) is 0 Å². The lowest BCUT2D eigenvalue weighted by atomic mass is 10.1. The number of halogens is 2. The van der Waals surface area contributed by atoms with Gasteiger partial charge in [0.15, 0.2) is 23.0 Å². The summed E-state index contributed by atoms with van der Waals surface area (Å²) in [6.07, 6.45) is 2.18. The Morgan fingerprint density at radius 2 is 1.69 bits per heavy atom. The van der Waals surface area contributed by atoms with Crippen molar-refractivity contribution in [2.45, 2.75) is 33.4 Å². The molecule has 4 rings (SSSR count). The summed E-state index contributed by atoms with van der Waals surface area (Å²) in [6, 6.07) is 14.7. The summed E-state index contributed by atoms with van der Waals surface area (Å²) in [5, 5.41) is 3.02. The molecule has 4 amide bonds. The molecule has 0 spiro atoms. The van der Waals surface area contributed by atoms with Gasteiger partial charge in [0, 0.05) is 5.02 Å². The Bertz CT molecular complexity index is 1520. The van der Waals surface area contributed by atoms with E-state index in [0.717, 1.165) is 16.9 Å². The summed E-state index contributed by atoms with van der Waals surface area (Å²) in [7, 11) is 1.51. The predicted molar refractivity (Wildman–Crippen MR) is 159 cm³/mol. The number of hydrogen-bond acceptors (Lipinski definition) is 7. The number of carbonyl (C=O) groups is 3. The first-order valence-corrected chi connectivity index (χ1v) is 14.0. The molecule has 0 bridgehead atoms. The van der Waals surface area contributed by atoms with Gasteiger partial charge in [0.05, 0.1) is 31.9 Å². The lowest BCUT2D eigenvalue weighted by Crippen LogP contribution is -2.53. The van der Waals surface area contributed by atoms with Crippen molar-refractivity contribution < 1.29 is 33.3 Å². The number of nitrogens with one attached hydrogen (secondary N) is 1. The Labute approximate surface area is 253 Å². The zero-order valence-corrected chi connectivity index (χ0v) is 24.9. The van der Waals surface area contributed by atoms with E-state index in [1.165, 1.54) is 13.2 Å². The zero-order valence-electron chi connectivity index (χ0n) is 23.4. The summed E-state index contributed by atoms with van der Waals surface area (Å²) in [4.78, 5) is 39.7. The summed E-state index contributed by atoms with van der Waals surface area (Å²) in [5.74, 6) is 0.0655. The molecule has 9 nitrogen and oxygen atoms in total. The smallest absolute Gasteiger partial charge is 0.331 e. The molecule has 1 aliphatic heterocycles. The third kappa shape index (κ3) is 7.35. The molecule has 0 atom stereocenters. The molecule has 42 heavy (non-hydrogen) atoms. The molecule has 1 saturated heterocycles. The van der Waals surface area contributed by atoms with Crippen LogP contribution in [0.15, 0.2) is 60.2 Å². The molecule has 3 aromatic rings. The third-order valence-corrected chi connectivity index (χ3v) is 6.65. The largest absolute Gasteiger partial charge is 0.493 e. The van der Waals surface area contributed by atoms with Crippen molar-refractivity contribution in [3.63, 3.8) is 0 Å². The highest BCUT2D eigenvalue weighted by Gasteiger charge is 2.36. The summed E-state index contributed by atoms with van der Waals surface area (Å²) in [5.41, 5.74) is 1.61. The molecular formula is C31H30Cl2N2O7. The van der Waals surface area contributed by atoms with Crippen molar-refractivity contribution in [1.29, 1.82) is 0 Å². The second kappa shape index (κ2) is 14.1. The van der Waals surface area contributed by atoms with Crippen LogP contribution in [-0.4, -0.2) is 43.1 Å². The highest BCUT2D eigenvalue weighted by atomic mass is 35.5. The fraction of sp³-hybridized carbons (Fsp3) is 0.258. The van der Waals surface area contributed by atoms with E-state index in [4.69, 9.17) is 42.1 Å². The van der Waals surface area contributed by atoms with E-state index >= 15 is 0 Å². The maximum absolute atomic E-state index is 13.4. The molecule has 3 aromatic carbocycles. The van der Waals surface area contributed by atoms with E-state index < -0.39 is 17.8 Å². The van der Waals surface area contributed by atoms with Gasteiger partial charge in [0.2, 0.25) is 0 Å². The molecule has 0 unspecified atom stereocenters. The summed E-state index contributed by atoms with van der Waals surface area (Å²) < 4.78 is 22.8.